The zero-order valence-electron chi connectivity index (χ0n) is 20.3. The third-order valence-electron chi connectivity index (χ3n) is 6.66. The van der Waals surface area contributed by atoms with Crippen molar-refractivity contribution in [3.05, 3.63) is 70.4 Å². The van der Waals surface area contributed by atoms with Gasteiger partial charge in [0.05, 0.1) is 23.3 Å². The Labute approximate surface area is 205 Å². The molecule has 1 aliphatic heterocycles. The van der Waals surface area contributed by atoms with Crippen LogP contribution in [0.3, 0.4) is 0 Å². The molecule has 178 valence electrons. The van der Waals surface area contributed by atoms with Crippen LogP contribution in [0.25, 0.3) is 11.3 Å². The largest absolute Gasteiger partial charge is 0.494 e. The van der Waals surface area contributed by atoms with Crippen molar-refractivity contribution < 1.29 is 23.4 Å². The summed E-state index contributed by atoms with van der Waals surface area (Å²) in [5, 5.41) is 4.64. The van der Waals surface area contributed by atoms with Crippen molar-refractivity contribution in [2.45, 2.75) is 65.3 Å². The summed E-state index contributed by atoms with van der Waals surface area (Å²) < 4.78 is 23.5. The van der Waals surface area contributed by atoms with Crippen molar-refractivity contribution >= 4 is 30.2 Å². The first-order valence-corrected chi connectivity index (χ1v) is 11.7. The fourth-order valence-corrected chi connectivity index (χ4v) is 4.14. The number of rotatable bonds is 6. The molecule has 2 heterocycles. The van der Waals surface area contributed by atoms with Crippen LogP contribution in [0.1, 0.15) is 57.5 Å². The van der Waals surface area contributed by atoms with Gasteiger partial charge in [0, 0.05) is 21.7 Å². The van der Waals surface area contributed by atoms with E-state index in [4.69, 9.17) is 30.2 Å². The molecule has 0 aliphatic carbocycles. The number of ether oxygens (including phenoxy) is 1. The van der Waals surface area contributed by atoms with Crippen molar-refractivity contribution in [3.63, 3.8) is 0 Å². The summed E-state index contributed by atoms with van der Waals surface area (Å²) in [5.74, 6) is 0.161. The molecular formula is C26H29BClNO5. The van der Waals surface area contributed by atoms with Crippen molar-refractivity contribution in [1.82, 2.24) is 5.16 Å². The molecule has 1 fully saturated rings. The van der Waals surface area contributed by atoms with Crippen LogP contribution in [-0.2, 0) is 25.3 Å². The summed E-state index contributed by atoms with van der Waals surface area (Å²) >= 11 is 6.23. The molecule has 34 heavy (non-hydrogen) atoms. The summed E-state index contributed by atoms with van der Waals surface area (Å²) in [6.45, 7) is 11.7. The monoisotopic (exact) mass is 481 g/mol. The number of nitrogens with zero attached hydrogens (tertiary/aromatic N) is 1. The third-order valence-corrected chi connectivity index (χ3v) is 7.00. The first kappa shape index (κ1) is 24.5. The predicted molar refractivity (Wildman–Crippen MR) is 132 cm³/mol. The minimum absolute atomic E-state index is 0.0401. The number of hydrogen-bond acceptors (Lipinski definition) is 6. The normalized spacial score (nSPS) is 17.6. The van der Waals surface area contributed by atoms with Gasteiger partial charge >= 0.3 is 13.1 Å². The number of benzene rings is 2. The second-order valence-electron chi connectivity index (χ2n) is 9.62. The average molecular weight is 482 g/mol. The number of aromatic nitrogens is 1. The molecule has 8 heteroatoms. The van der Waals surface area contributed by atoms with Gasteiger partial charge in [0.15, 0.2) is 5.76 Å². The molecule has 1 aliphatic rings. The van der Waals surface area contributed by atoms with Gasteiger partial charge in [-0.15, -0.1) is 0 Å². The summed E-state index contributed by atoms with van der Waals surface area (Å²) in [4.78, 5) is 12.7. The van der Waals surface area contributed by atoms with E-state index in [1.54, 1.807) is 13.0 Å². The fourth-order valence-electron chi connectivity index (χ4n) is 3.85. The van der Waals surface area contributed by atoms with E-state index >= 15 is 0 Å². The lowest BCUT2D eigenvalue weighted by Gasteiger charge is -2.32. The summed E-state index contributed by atoms with van der Waals surface area (Å²) in [5.41, 5.74) is 3.00. The van der Waals surface area contributed by atoms with E-state index in [-0.39, 0.29) is 12.4 Å². The molecule has 3 aromatic rings. The Kier molecular flexibility index (Phi) is 6.64. The van der Waals surface area contributed by atoms with Gasteiger partial charge in [-0.3, -0.25) is 4.79 Å². The minimum atomic E-state index is -0.469. The van der Waals surface area contributed by atoms with E-state index in [0.717, 1.165) is 16.6 Å². The molecule has 1 atom stereocenters. The highest BCUT2D eigenvalue weighted by Crippen LogP contribution is 2.36. The fraction of sp³-hybridized carbons (Fsp3) is 0.385. The topological polar surface area (TPSA) is 70.8 Å². The van der Waals surface area contributed by atoms with Crippen LogP contribution in [-0.4, -0.2) is 29.4 Å². The van der Waals surface area contributed by atoms with Crippen LogP contribution in [0.15, 0.2) is 53.1 Å². The Morgan fingerprint density at radius 3 is 2.29 bits per heavy atom. The molecule has 0 saturated carbocycles. The lowest BCUT2D eigenvalue weighted by molar-refractivity contribution is -0.147. The van der Waals surface area contributed by atoms with E-state index in [1.165, 1.54) is 0 Å². The predicted octanol–water partition coefficient (Wildman–Crippen LogP) is 5.45. The molecule has 0 N–H and O–H groups in total. The van der Waals surface area contributed by atoms with Crippen LogP contribution in [0.4, 0.5) is 0 Å². The van der Waals surface area contributed by atoms with Crippen molar-refractivity contribution in [3.8, 4) is 11.3 Å². The number of halogens is 1. The van der Waals surface area contributed by atoms with Gasteiger partial charge in [-0.25, -0.2) is 0 Å². The van der Waals surface area contributed by atoms with Crippen LogP contribution in [0.5, 0.6) is 0 Å². The maximum atomic E-state index is 12.7. The number of carbonyl (C=O) groups excluding carboxylic acids is 1. The average Bonchev–Trinajstić information content (AvgIpc) is 3.23. The molecule has 0 spiro atoms. The Morgan fingerprint density at radius 2 is 1.68 bits per heavy atom. The molecular weight excluding hydrogens is 453 g/mol. The maximum absolute atomic E-state index is 12.7. The Balaban J connectivity index is 1.49. The van der Waals surface area contributed by atoms with Gasteiger partial charge in [-0.1, -0.05) is 59.2 Å². The molecule has 4 rings (SSSR count). The van der Waals surface area contributed by atoms with Crippen LogP contribution in [0.2, 0.25) is 5.02 Å². The summed E-state index contributed by atoms with van der Waals surface area (Å²) in [7, 11) is -0.448. The summed E-state index contributed by atoms with van der Waals surface area (Å²) in [6, 6.07) is 15.0. The number of aryl methyl sites for hydroxylation is 1. The smallest absolute Gasteiger partial charge is 0.457 e. The van der Waals surface area contributed by atoms with Gasteiger partial charge in [0.1, 0.15) is 6.10 Å². The zero-order chi connectivity index (χ0) is 24.7. The second kappa shape index (κ2) is 9.21. The maximum Gasteiger partial charge on any atom is 0.494 e. The molecule has 0 unspecified atom stereocenters. The van der Waals surface area contributed by atoms with Gasteiger partial charge in [0.25, 0.3) is 0 Å². The quantitative estimate of drug-likeness (QED) is 0.344. The van der Waals surface area contributed by atoms with Gasteiger partial charge in [-0.05, 0) is 53.1 Å². The Morgan fingerprint density at radius 1 is 1.06 bits per heavy atom. The first-order chi connectivity index (χ1) is 16.0. The van der Waals surface area contributed by atoms with Gasteiger partial charge in [0.2, 0.25) is 0 Å². The van der Waals surface area contributed by atoms with E-state index in [0.29, 0.717) is 22.0 Å². The third kappa shape index (κ3) is 4.78. The lowest BCUT2D eigenvalue weighted by atomic mass is 9.78. The van der Waals surface area contributed by atoms with Crippen molar-refractivity contribution in [2.75, 3.05) is 0 Å². The van der Waals surface area contributed by atoms with E-state index < -0.39 is 24.4 Å². The highest BCUT2D eigenvalue weighted by Gasteiger charge is 2.51. The van der Waals surface area contributed by atoms with Crippen LogP contribution < -0.4 is 5.46 Å². The highest BCUT2D eigenvalue weighted by atomic mass is 35.5. The number of esters is 1. The SMILES string of the molecule is Cc1noc(-c2ccc(B3OC(C)(C)C(C)(C)O3)cc2)c1CC(=O)O[C@H](C)c1ccccc1Cl. The lowest BCUT2D eigenvalue weighted by Crippen LogP contribution is -2.41. The first-order valence-electron chi connectivity index (χ1n) is 11.3. The van der Waals surface area contributed by atoms with E-state index in [2.05, 4.69) is 5.16 Å². The molecule has 1 saturated heterocycles. The minimum Gasteiger partial charge on any atom is -0.457 e. The van der Waals surface area contributed by atoms with Crippen LogP contribution in [0, 0.1) is 6.92 Å². The molecule has 0 radical (unpaired) electrons. The molecule has 6 nitrogen and oxygen atoms in total. The number of carbonyl (C=O) groups is 1. The molecule has 0 amide bonds. The van der Waals surface area contributed by atoms with Gasteiger partial charge < -0.3 is 18.6 Å². The molecule has 2 aromatic carbocycles. The van der Waals surface area contributed by atoms with E-state index in [1.807, 2.05) is 77.1 Å². The van der Waals surface area contributed by atoms with Crippen molar-refractivity contribution in [2.24, 2.45) is 0 Å². The zero-order valence-corrected chi connectivity index (χ0v) is 21.1. The Bertz CT molecular complexity index is 1170. The molecule has 1 aromatic heterocycles. The standard InChI is InChI=1S/C26H29BClNO5/c1-16-21(15-23(30)31-17(2)20-9-7-8-10-22(20)28)24(32-29-16)18-11-13-19(14-12-18)27-33-25(3,4)26(5,6)34-27/h7-14,17H,15H2,1-6H3/t17-/m1/s1. The highest BCUT2D eigenvalue weighted by molar-refractivity contribution is 6.62. The Hall–Kier alpha value is -2.61. The van der Waals surface area contributed by atoms with Crippen molar-refractivity contribution in [1.29, 1.82) is 0 Å². The summed E-state index contributed by atoms with van der Waals surface area (Å²) in [6.07, 6.45) is -0.428. The van der Waals surface area contributed by atoms with Crippen LogP contribution >= 0.6 is 11.6 Å². The number of hydrogen-bond donors (Lipinski definition) is 0. The van der Waals surface area contributed by atoms with Gasteiger partial charge in [-0.2, -0.15) is 0 Å². The second-order valence-corrected chi connectivity index (χ2v) is 10.0. The van der Waals surface area contributed by atoms with E-state index in [9.17, 15) is 4.79 Å². The molecule has 0 bridgehead atoms.